The highest BCUT2D eigenvalue weighted by Crippen LogP contribution is 2.35. The van der Waals surface area contributed by atoms with E-state index in [1.165, 1.54) is 25.3 Å². The number of carbonyl (C=O) groups is 2. The molecule has 7 nitrogen and oxygen atoms in total. The van der Waals surface area contributed by atoms with Gasteiger partial charge in [-0.3, -0.25) is 9.59 Å². The van der Waals surface area contributed by atoms with Gasteiger partial charge in [-0.15, -0.1) is 0 Å². The highest BCUT2D eigenvalue weighted by molar-refractivity contribution is 6.32. The van der Waals surface area contributed by atoms with Gasteiger partial charge in [0.1, 0.15) is 5.69 Å². The number of pyridine rings is 1. The molecule has 0 fully saturated rings. The van der Waals surface area contributed by atoms with E-state index >= 15 is 0 Å². The van der Waals surface area contributed by atoms with Crippen molar-refractivity contribution in [3.63, 3.8) is 0 Å². The van der Waals surface area contributed by atoms with Crippen molar-refractivity contribution in [1.82, 2.24) is 20.1 Å². The zero-order valence-corrected chi connectivity index (χ0v) is 18.0. The summed E-state index contributed by atoms with van der Waals surface area (Å²) in [5.41, 5.74) is -4.27. The number of alkyl halides is 6. The Morgan fingerprint density at radius 3 is 2.26 bits per heavy atom. The first-order valence-corrected chi connectivity index (χ1v) is 9.65. The van der Waals surface area contributed by atoms with Crippen molar-refractivity contribution < 1.29 is 35.9 Å². The maximum Gasteiger partial charge on any atom is 0.435 e. The van der Waals surface area contributed by atoms with Gasteiger partial charge in [-0.2, -0.15) is 31.4 Å². The van der Waals surface area contributed by atoms with Crippen LogP contribution in [0.5, 0.6) is 0 Å². The first-order valence-electron chi connectivity index (χ1n) is 9.27. The van der Waals surface area contributed by atoms with Gasteiger partial charge >= 0.3 is 12.4 Å². The van der Waals surface area contributed by atoms with Gasteiger partial charge < -0.3 is 10.6 Å². The molecular formula is C20H14ClF6N5O2. The molecule has 2 aromatic heterocycles. The summed E-state index contributed by atoms with van der Waals surface area (Å²) in [7, 11) is 1.16. The monoisotopic (exact) mass is 505 g/mol. The fraction of sp³-hybridized carbons (Fsp3) is 0.200. The third-order valence-corrected chi connectivity index (χ3v) is 4.84. The molecule has 3 rings (SSSR count). The van der Waals surface area contributed by atoms with Crippen LogP contribution in [0.1, 0.15) is 37.7 Å². The van der Waals surface area contributed by atoms with Crippen LogP contribution in [-0.4, -0.2) is 33.6 Å². The van der Waals surface area contributed by atoms with E-state index in [4.69, 9.17) is 11.6 Å². The molecule has 0 aliphatic rings. The van der Waals surface area contributed by atoms with Gasteiger partial charge in [-0.1, -0.05) is 11.6 Å². The summed E-state index contributed by atoms with van der Waals surface area (Å²) in [6.45, 7) is 1.20. The Labute approximate surface area is 192 Å². The van der Waals surface area contributed by atoms with Crippen molar-refractivity contribution in [3.8, 4) is 5.82 Å². The van der Waals surface area contributed by atoms with Gasteiger partial charge in [0.15, 0.2) is 11.5 Å². The molecule has 0 saturated carbocycles. The molecule has 1 aromatic carbocycles. The molecule has 0 aliphatic heterocycles. The second-order valence-corrected chi connectivity index (χ2v) is 7.29. The average Bonchev–Trinajstić information content (AvgIpc) is 3.20. The number of rotatable bonds is 4. The van der Waals surface area contributed by atoms with Crippen LogP contribution in [0.2, 0.25) is 5.02 Å². The van der Waals surface area contributed by atoms with E-state index in [0.717, 1.165) is 7.05 Å². The smallest absolute Gasteiger partial charge is 0.355 e. The fourth-order valence-corrected chi connectivity index (χ4v) is 3.19. The Morgan fingerprint density at radius 2 is 1.71 bits per heavy atom. The average molecular weight is 506 g/mol. The van der Waals surface area contributed by atoms with Gasteiger partial charge in [0.05, 0.1) is 21.8 Å². The molecule has 14 heteroatoms. The zero-order chi connectivity index (χ0) is 25.4. The van der Waals surface area contributed by atoms with Gasteiger partial charge in [0.2, 0.25) is 0 Å². The first-order chi connectivity index (χ1) is 15.7. The predicted octanol–water partition coefficient (Wildman–Crippen LogP) is 4.88. The Hall–Kier alpha value is -3.61. The molecule has 2 heterocycles. The Morgan fingerprint density at radius 1 is 1.03 bits per heavy atom. The van der Waals surface area contributed by atoms with Gasteiger partial charge in [0, 0.05) is 19.3 Å². The minimum absolute atomic E-state index is 0.120. The molecular weight excluding hydrogens is 492 g/mol. The van der Waals surface area contributed by atoms with Crippen molar-refractivity contribution in [2.45, 2.75) is 19.3 Å². The molecule has 3 aromatic rings. The molecule has 34 heavy (non-hydrogen) atoms. The summed E-state index contributed by atoms with van der Waals surface area (Å²) in [6, 6.07) is 4.36. The maximum atomic E-state index is 13.3. The second-order valence-electron chi connectivity index (χ2n) is 6.88. The molecule has 2 N–H and O–H groups in total. The third-order valence-electron chi connectivity index (χ3n) is 4.55. The van der Waals surface area contributed by atoms with E-state index in [-0.39, 0.29) is 22.1 Å². The van der Waals surface area contributed by atoms with Crippen molar-refractivity contribution in [3.05, 3.63) is 69.6 Å². The van der Waals surface area contributed by atoms with Crippen molar-refractivity contribution in [2.75, 3.05) is 12.4 Å². The number of amides is 2. The van der Waals surface area contributed by atoms with Gasteiger partial charge in [-0.25, -0.2) is 9.67 Å². The molecule has 0 aliphatic carbocycles. The van der Waals surface area contributed by atoms with E-state index in [0.29, 0.717) is 22.9 Å². The lowest BCUT2D eigenvalue weighted by molar-refractivity contribution is -0.141. The highest BCUT2D eigenvalue weighted by atomic mass is 35.5. The molecule has 2 amide bonds. The largest absolute Gasteiger partial charge is 0.435 e. The minimum Gasteiger partial charge on any atom is -0.355 e. The standard InChI is InChI=1S/C20H14ClF6N5O2/c1-9-6-10(19(22,23)24)7-11(17(33)28-2)15(9)30-18(34)13-8-14(20(25,26)27)31-32(13)16-12(21)4-3-5-29-16/h3-8H,1-2H3,(H,28,33)(H,30,34). The van der Waals surface area contributed by atoms with Crippen LogP contribution in [0.4, 0.5) is 32.0 Å². The topological polar surface area (TPSA) is 88.9 Å². The lowest BCUT2D eigenvalue weighted by Crippen LogP contribution is -2.24. The highest BCUT2D eigenvalue weighted by Gasteiger charge is 2.37. The quantitative estimate of drug-likeness (QED) is 0.495. The number of nitrogens with zero attached hydrogens (tertiary/aromatic N) is 3. The third kappa shape index (κ3) is 4.98. The van der Waals surface area contributed by atoms with Crippen LogP contribution in [0.25, 0.3) is 5.82 Å². The van der Waals surface area contributed by atoms with Gasteiger partial charge in [0.25, 0.3) is 11.8 Å². The van der Waals surface area contributed by atoms with Gasteiger partial charge in [-0.05, 0) is 36.8 Å². The summed E-state index contributed by atoms with van der Waals surface area (Å²) in [6.07, 6.45) is -8.51. The summed E-state index contributed by atoms with van der Waals surface area (Å²) in [5, 5.41) is 7.63. The minimum atomic E-state index is -4.93. The molecule has 0 unspecified atom stereocenters. The fourth-order valence-electron chi connectivity index (χ4n) is 2.98. The lowest BCUT2D eigenvalue weighted by atomic mass is 10.0. The summed E-state index contributed by atoms with van der Waals surface area (Å²) < 4.78 is 80.1. The number of benzene rings is 1. The number of aromatic nitrogens is 3. The Kier molecular flexibility index (Phi) is 6.60. The number of hydrogen-bond donors (Lipinski definition) is 2. The van der Waals surface area contributed by atoms with E-state index in [1.54, 1.807) is 0 Å². The number of aryl methyl sites for hydroxylation is 1. The predicted molar refractivity (Wildman–Crippen MR) is 109 cm³/mol. The lowest BCUT2D eigenvalue weighted by Gasteiger charge is -2.17. The number of nitrogens with one attached hydrogen (secondary N) is 2. The molecule has 0 atom stereocenters. The zero-order valence-electron chi connectivity index (χ0n) is 17.3. The Balaban J connectivity index is 2.14. The summed E-state index contributed by atoms with van der Waals surface area (Å²) in [4.78, 5) is 29.1. The number of carbonyl (C=O) groups excluding carboxylic acids is 2. The van der Waals surface area contributed by atoms with Crippen molar-refractivity contribution in [1.29, 1.82) is 0 Å². The van der Waals surface area contributed by atoms with E-state index in [2.05, 4.69) is 20.7 Å². The number of halogens is 7. The van der Waals surface area contributed by atoms with E-state index in [9.17, 15) is 35.9 Å². The SMILES string of the molecule is CNC(=O)c1cc(C(F)(F)F)cc(C)c1NC(=O)c1cc(C(F)(F)F)nn1-c1ncccc1Cl. The van der Waals surface area contributed by atoms with Crippen LogP contribution in [-0.2, 0) is 12.4 Å². The van der Waals surface area contributed by atoms with Crippen LogP contribution in [0, 0.1) is 6.92 Å². The summed E-state index contributed by atoms with van der Waals surface area (Å²) in [5.74, 6) is -2.44. The molecule has 0 spiro atoms. The normalized spacial score (nSPS) is 11.9. The molecule has 0 radical (unpaired) electrons. The number of anilines is 1. The second kappa shape index (κ2) is 8.97. The van der Waals surface area contributed by atoms with Crippen LogP contribution >= 0.6 is 11.6 Å². The van der Waals surface area contributed by atoms with E-state index < -0.39 is 46.7 Å². The van der Waals surface area contributed by atoms with Crippen molar-refractivity contribution in [2.24, 2.45) is 0 Å². The van der Waals surface area contributed by atoms with Crippen LogP contribution in [0.15, 0.2) is 36.5 Å². The molecule has 0 bridgehead atoms. The molecule has 0 saturated heterocycles. The Bertz CT molecular complexity index is 1270. The van der Waals surface area contributed by atoms with Crippen LogP contribution < -0.4 is 10.6 Å². The van der Waals surface area contributed by atoms with Crippen LogP contribution in [0.3, 0.4) is 0 Å². The van der Waals surface area contributed by atoms with Crippen molar-refractivity contribution >= 4 is 29.1 Å². The first kappa shape index (κ1) is 25.0. The number of hydrogen-bond acceptors (Lipinski definition) is 4. The molecule has 180 valence electrons. The van der Waals surface area contributed by atoms with E-state index in [1.807, 2.05) is 0 Å². The maximum absolute atomic E-state index is 13.3. The summed E-state index contributed by atoms with van der Waals surface area (Å²) >= 11 is 5.99.